The molecular weight excluding hydrogens is 280 g/mol. The van der Waals surface area contributed by atoms with E-state index in [1.807, 2.05) is 38.1 Å². The number of hydrogen-bond acceptors (Lipinski definition) is 4. The Morgan fingerprint density at radius 3 is 1.64 bits per heavy atom. The van der Waals surface area contributed by atoms with Crippen molar-refractivity contribution in [3.05, 3.63) is 24.3 Å². The Balaban J connectivity index is 0.00000211. The molecule has 0 aliphatic carbocycles. The molecule has 1 aromatic rings. The van der Waals surface area contributed by atoms with Gasteiger partial charge in [0.15, 0.2) is 11.5 Å². The minimum Gasteiger partial charge on any atom is -0.490 e. The molecule has 0 amide bonds. The normalized spacial score (nSPS) is 9.82. The Hall–Kier alpha value is -1.26. The first-order valence-electron chi connectivity index (χ1n) is 8.38. The molecule has 0 unspecified atom stereocenters. The van der Waals surface area contributed by atoms with Gasteiger partial charge in [-0.2, -0.15) is 0 Å². The van der Waals surface area contributed by atoms with Crippen LogP contribution in [-0.2, 0) is 9.47 Å². The molecule has 0 aliphatic heterocycles. The third-order valence-corrected chi connectivity index (χ3v) is 2.52. The molecule has 4 nitrogen and oxygen atoms in total. The minimum absolute atomic E-state index is 0.514. The molecule has 0 aliphatic rings. The van der Waals surface area contributed by atoms with Crippen LogP contribution in [0.1, 0.15) is 40.5 Å². The highest BCUT2D eigenvalue weighted by atomic mass is 16.6. The van der Waals surface area contributed by atoms with Gasteiger partial charge in [-0.25, -0.2) is 0 Å². The third-order valence-electron chi connectivity index (χ3n) is 2.52. The molecule has 0 saturated carbocycles. The van der Waals surface area contributed by atoms with Crippen LogP contribution in [0, 0.1) is 0 Å². The summed E-state index contributed by atoms with van der Waals surface area (Å²) in [7, 11) is 0. The summed E-state index contributed by atoms with van der Waals surface area (Å²) in [5, 5.41) is 0. The van der Waals surface area contributed by atoms with E-state index in [0.717, 1.165) is 30.9 Å². The second kappa shape index (κ2) is 16.1. The highest BCUT2D eigenvalue weighted by Gasteiger charge is 2.03. The van der Waals surface area contributed by atoms with Gasteiger partial charge in [-0.05, 0) is 25.0 Å². The number of ether oxygens (including phenoxy) is 4. The fourth-order valence-electron chi connectivity index (χ4n) is 1.58. The molecule has 0 bridgehead atoms. The van der Waals surface area contributed by atoms with Crippen LogP contribution >= 0.6 is 0 Å². The van der Waals surface area contributed by atoms with E-state index in [0.29, 0.717) is 33.0 Å². The van der Waals surface area contributed by atoms with E-state index in [1.165, 1.54) is 0 Å². The van der Waals surface area contributed by atoms with Crippen molar-refractivity contribution >= 4 is 0 Å². The summed E-state index contributed by atoms with van der Waals surface area (Å²) in [6.07, 6.45) is 2.02. The van der Waals surface area contributed by atoms with Gasteiger partial charge in [0.1, 0.15) is 6.61 Å². The summed E-state index contributed by atoms with van der Waals surface area (Å²) in [4.78, 5) is 0. The molecule has 0 heterocycles. The fourth-order valence-corrected chi connectivity index (χ4v) is 1.58. The van der Waals surface area contributed by atoms with Crippen LogP contribution in [0.15, 0.2) is 24.3 Å². The summed E-state index contributed by atoms with van der Waals surface area (Å²) in [5.41, 5.74) is 0. The maximum absolute atomic E-state index is 5.67. The average Bonchev–Trinajstić information content (AvgIpc) is 2.58. The summed E-state index contributed by atoms with van der Waals surface area (Å²) in [5.74, 6) is 1.56. The molecule has 0 saturated heterocycles. The number of benzene rings is 1. The molecule has 0 spiro atoms. The zero-order valence-corrected chi connectivity index (χ0v) is 14.6. The van der Waals surface area contributed by atoms with Crippen LogP contribution in [-0.4, -0.2) is 39.6 Å². The van der Waals surface area contributed by atoms with Crippen LogP contribution in [0.3, 0.4) is 0 Å². The van der Waals surface area contributed by atoms with Gasteiger partial charge in [0.05, 0.1) is 26.4 Å². The lowest BCUT2D eigenvalue weighted by Gasteiger charge is -2.12. The first kappa shape index (κ1) is 20.7. The van der Waals surface area contributed by atoms with Gasteiger partial charge in [0, 0.05) is 6.61 Å². The van der Waals surface area contributed by atoms with E-state index in [2.05, 4.69) is 13.8 Å². The lowest BCUT2D eigenvalue weighted by molar-refractivity contribution is 0.0362. The Kier molecular flexibility index (Phi) is 15.2. The lowest BCUT2D eigenvalue weighted by atomic mass is 10.3. The maximum Gasteiger partial charge on any atom is 0.161 e. The summed E-state index contributed by atoms with van der Waals surface area (Å²) >= 11 is 0. The van der Waals surface area contributed by atoms with Crippen LogP contribution < -0.4 is 9.47 Å². The molecule has 22 heavy (non-hydrogen) atoms. The highest BCUT2D eigenvalue weighted by molar-refractivity contribution is 5.39. The smallest absolute Gasteiger partial charge is 0.161 e. The van der Waals surface area contributed by atoms with Crippen LogP contribution in [0.5, 0.6) is 11.5 Å². The molecule has 0 fully saturated rings. The second-order valence-electron chi connectivity index (χ2n) is 4.37. The second-order valence-corrected chi connectivity index (χ2v) is 4.37. The van der Waals surface area contributed by atoms with Gasteiger partial charge in [-0.1, -0.05) is 39.8 Å². The molecule has 0 radical (unpaired) electrons. The van der Waals surface area contributed by atoms with E-state index in [-0.39, 0.29) is 0 Å². The van der Waals surface area contributed by atoms with Crippen molar-refractivity contribution < 1.29 is 18.9 Å². The summed E-state index contributed by atoms with van der Waals surface area (Å²) in [6.45, 7) is 12.0. The SMILES string of the molecule is CC.CCCOCCOCCOc1ccccc1OCCC. The zero-order valence-electron chi connectivity index (χ0n) is 14.6. The van der Waals surface area contributed by atoms with Crippen LogP contribution in [0.4, 0.5) is 0 Å². The van der Waals surface area contributed by atoms with E-state index < -0.39 is 0 Å². The van der Waals surface area contributed by atoms with Gasteiger partial charge in [0.25, 0.3) is 0 Å². The highest BCUT2D eigenvalue weighted by Crippen LogP contribution is 2.26. The lowest BCUT2D eigenvalue weighted by Crippen LogP contribution is -2.11. The predicted octanol–water partition coefficient (Wildman–Crippen LogP) is 4.32. The van der Waals surface area contributed by atoms with Crippen molar-refractivity contribution in [3.63, 3.8) is 0 Å². The third kappa shape index (κ3) is 10.5. The van der Waals surface area contributed by atoms with E-state index in [9.17, 15) is 0 Å². The van der Waals surface area contributed by atoms with Crippen LogP contribution in [0.25, 0.3) is 0 Å². The minimum atomic E-state index is 0.514. The van der Waals surface area contributed by atoms with Gasteiger partial charge < -0.3 is 18.9 Å². The van der Waals surface area contributed by atoms with Crippen molar-refractivity contribution in [1.82, 2.24) is 0 Å². The van der Waals surface area contributed by atoms with E-state index >= 15 is 0 Å². The molecule has 128 valence electrons. The molecular formula is C18H32O4. The van der Waals surface area contributed by atoms with Crippen molar-refractivity contribution in [1.29, 1.82) is 0 Å². The predicted molar refractivity (Wildman–Crippen MR) is 91.0 cm³/mol. The molecule has 0 aromatic heterocycles. The Morgan fingerprint density at radius 1 is 0.636 bits per heavy atom. The Morgan fingerprint density at radius 2 is 1.09 bits per heavy atom. The molecule has 1 rings (SSSR count). The monoisotopic (exact) mass is 312 g/mol. The molecule has 0 atom stereocenters. The quantitative estimate of drug-likeness (QED) is 0.539. The first-order chi connectivity index (χ1) is 10.9. The summed E-state index contributed by atoms with van der Waals surface area (Å²) in [6, 6.07) is 7.72. The standard InChI is InChI=1S/C16H26O4.C2H6/c1-3-9-17-11-12-18-13-14-20-16-8-6-5-7-15(16)19-10-4-2;1-2/h5-8H,3-4,9-14H2,1-2H3;1-2H3. The van der Waals surface area contributed by atoms with Crippen LogP contribution in [0.2, 0.25) is 0 Å². The number of rotatable bonds is 12. The summed E-state index contributed by atoms with van der Waals surface area (Å²) < 4.78 is 22.1. The van der Waals surface area contributed by atoms with Crippen molar-refractivity contribution in [2.24, 2.45) is 0 Å². The van der Waals surface area contributed by atoms with E-state index in [4.69, 9.17) is 18.9 Å². The maximum atomic E-state index is 5.67. The molecule has 0 N–H and O–H groups in total. The largest absolute Gasteiger partial charge is 0.490 e. The van der Waals surface area contributed by atoms with Crippen molar-refractivity contribution in [2.75, 3.05) is 39.6 Å². The van der Waals surface area contributed by atoms with Crippen molar-refractivity contribution in [3.8, 4) is 11.5 Å². The van der Waals surface area contributed by atoms with Gasteiger partial charge in [0.2, 0.25) is 0 Å². The van der Waals surface area contributed by atoms with Gasteiger partial charge in [-0.3, -0.25) is 0 Å². The topological polar surface area (TPSA) is 36.9 Å². The van der Waals surface area contributed by atoms with Gasteiger partial charge >= 0.3 is 0 Å². The number of para-hydroxylation sites is 2. The Bertz CT molecular complexity index is 342. The fraction of sp³-hybridized carbons (Fsp3) is 0.667. The first-order valence-corrected chi connectivity index (χ1v) is 8.38. The van der Waals surface area contributed by atoms with Crippen molar-refractivity contribution in [2.45, 2.75) is 40.5 Å². The zero-order chi connectivity index (χ0) is 16.5. The van der Waals surface area contributed by atoms with E-state index in [1.54, 1.807) is 0 Å². The van der Waals surface area contributed by atoms with Gasteiger partial charge in [-0.15, -0.1) is 0 Å². The Labute approximate surface area is 135 Å². The average molecular weight is 312 g/mol. The number of hydrogen-bond donors (Lipinski definition) is 0. The molecule has 4 heteroatoms. The molecule has 1 aromatic carbocycles.